The maximum Gasteiger partial charge on any atom is 0.451 e. The van der Waals surface area contributed by atoms with Gasteiger partial charge in [0.05, 0.1) is 6.10 Å². The lowest BCUT2D eigenvalue weighted by Gasteiger charge is -2.25. The first-order valence-corrected chi connectivity index (χ1v) is 8.81. The average Bonchev–Trinajstić information content (AvgIpc) is 2.58. The molecule has 0 fully saturated rings. The highest BCUT2D eigenvalue weighted by molar-refractivity contribution is 6.40. The Bertz CT molecular complexity index is 560. The topological polar surface area (TPSA) is 156 Å². The van der Waals surface area contributed by atoms with Crippen LogP contribution in [0.15, 0.2) is 24.3 Å². The second kappa shape index (κ2) is 11.1. The number of phenolic OH excluding ortho intramolecular Hbond substituents is 1. The molecule has 0 radical (unpaired) electrons. The predicted octanol–water partition coefficient (Wildman–Crippen LogP) is 0.221. The van der Waals surface area contributed by atoms with Crippen LogP contribution in [0.1, 0.15) is 43.8 Å². The van der Waals surface area contributed by atoms with Crippen molar-refractivity contribution in [1.29, 1.82) is 0 Å². The Balaban J connectivity index is 2.30. The van der Waals surface area contributed by atoms with E-state index in [-0.39, 0.29) is 24.9 Å². The van der Waals surface area contributed by atoms with E-state index in [0.717, 1.165) is 0 Å². The maximum absolute atomic E-state index is 11.4. The zero-order chi connectivity index (χ0) is 19.6. The van der Waals surface area contributed by atoms with Crippen LogP contribution in [0.2, 0.25) is 6.32 Å². The second-order valence-corrected chi connectivity index (χ2v) is 6.59. The molecule has 1 aromatic carbocycles. The van der Waals surface area contributed by atoms with Crippen LogP contribution in [0.25, 0.3) is 0 Å². The molecule has 0 saturated carbocycles. The Labute approximate surface area is 153 Å². The van der Waals surface area contributed by atoms with E-state index < -0.39 is 24.7 Å². The number of nitrogens with one attached hydrogen (secondary N) is 1. The number of carboxylic acid groups (broad SMARTS) is 1. The Morgan fingerprint density at radius 3 is 2.58 bits per heavy atom. The number of carbonyl (C=O) groups is 1. The summed E-state index contributed by atoms with van der Waals surface area (Å²) < 4.78 is 0. The van der Waals surface area contributed by atoms with Gasteiger partial charge in [-0.25, -0.2) is 0 Å². The number of hydrogen-bond acceptors (Lipinski definition) is 7. The van der Waals surface area contributed by atoms with E-state index in [9.17, 15) is 20.1 Å². The Kier molecular flexibility index (Phi) is 9.60. The van der Waals surface area contributed by atoms with Crippen molar-refractivity contribution >= 4 is 13.1 Å². The summed E-state index contributed by atoms with van der Waals surface area (Å²) in [7, 11) is -1.38. The number of aliphatic hydroxyl groups excluding tert-OH is 1. The molecule has 1 aromatic rings. The van der Waals surface area contributed by atoms with Crippen molar-refractivity contribution in [2.75, 3.05) is 13.1 Å². The van der Waals surface area contributed by atoms with Gasteiger partial charge >= 0.3 is 13.1 Å². The molecule has 2 atom stereocenters. The summed E-state index contributed by atoms with van der Waals surface area (Å²) in [6.45, 7) is 0.863. The van der Waals surface area contributed by atoms with E-state index in [1.807, 2.05) is 0 Å². The molecule has 8 N–H and O–H groups in total. The van der Waals surface area contributed by atoms with Crippen molar-refractivity contribution in [2.24, 2.45) is 5.73 Å². The van der Waals surface area contributed by atoms with E-state index in [0.29, 0.717) is 37.9 Å². The van der Waals surface area contributed by atoms with Crippen LogP contribution in [0, 0.1) is 0 Å². The van der Waals surface area contributed by atoms with Crippen LogP contribution in [-0.4, -0.2) is 57.1 Å². The molecule has 0 saturated heterocycles. The fourth-order valence-electron chi connectivity index (χ4n) is 2.68. The van der Waals surface area contributed by atoms with E-state index in [1.54, 1.807) is 12.1 Å². The van der Waals surface area contributed by atoms with Crippen LogP contribution in [0.4, 0.5) is 0 Å². The molecule has 146 valence electrons. The molecule has 0 aliphatic carbocycles. The number of carboxylic acids is 1. The third-order valence-electron chi connectivity index (χ3n) is 4.36. The van der Waals surface area contributed by atoms with Gasteiger partial charge in [0.25, 0.3) is 0 Å². The number of aromatic hydroxyl groups is 1. The normalized spacial score (nSPS) is 14.6. The number of aliphatic carboxylic acids is 1. The summed E-state index contributed by atoms with van der Waals surface area (Å²) in [5.74, 6) is -0.985. The summed E-state index contributed by atoms with van der Waals surface area (Å²) in [4.78, 5) is 11.4. The molecule has 0 unspecified atom stereocenters. The van der Waals surface area contributed by atoms with Crippen molar-refractivity contribution in [2.45, 2.75) is 50.1 Å². The van der Waals surface area contributed by atoms with Crippen LogP contribution in [0.3, 0.4) is 0 Å². The number of aliphatic hydroxyl groups is 1. The van der Waals surface area contributed by atoms with E-state index in [1.165, 1.54) is 12.1 Å². The Hall–Kier alpha value is -1.65. The minimum atomic E-state index is -1.38. The molecule has 0 spiro atoms. The zero-order valence-electron chi connectivity index (χ0n) is 14.8. The number of benzene rings is 1. The largest absolute Gasteiger partial charge is 0.508 e. The molecule has 26 heavy (non-hydrogen) atoms. The fraction of sp³-hybridized carbons (Fsp3) is 0.588. The van der Waals surface area contributed by atoms with Gasteiger partial charge in [-0.15, -0.1) is 0 Å². The summed E-state index contributed by atoms with van der Waals surface area (Å²) in [6, 6.07) is 6.42. The molecular formula is C17H29BN2O6. The third kappa shape index (κ3) is 8.16. The lowest BCUT2D eigenvalue weighted by Crippen LogP contribution is -2.49. The minimum Gasteiger partial charge on any atom is -0.508 e. The molecular weight excluding hydrogens is 339 g/mol. The lowest BCUT2D eigenvalue weighted by molar-refractivity contribution is -0.143. The lowest BCUT2D eigenvalue weighted by atomic mass is 9.81. The highest BCUT2D eigenvalue weighted by atomic mass is 16.4. The molecule has 0 aromatic heterocycles. The van der Waals surface area contributed by atoms with Gasteiger partial charge in [0.15, 0.2) is 0 Å². The van der Waals surface area contributed by atoms with Gasteiger partial charge in [0.2, 0.25) is 0 Å². The van der Waals surface area contributed by atoms with Gasteiger partial charge in [-0.05, 0) is 56.4 Å². The first-order valence-electron chi connectivity index (χ1n) is 8.81. The van der Waals surface area contributed by atoms with E-state index >= 15 is 0 Å². The smallest absolute Gasteiger partial charge is 0.451 e. The van der Waals surface area contributed by atoms with Crippen molar-refractivity contribution in [3.63, 3.8) is 0 Å². The Morgan fingerprint density at radius 2 is 1.96 bits per heavy atom. The molecule has 0 heterocycles. The first-order chi connectivity index (χ1) is 12.2. The predicted molar refractivity (Wildman–Crippen MR) is 98.6 cm³/mol. The molecule has 1 rings (SSSR count). The SMILES string of the molecule is N[C@](CCCCB(O)O)(CCNCC[C@H](O)c1cccc(O)c1)C(=O)O. The monoisotopic (exact) mass is 368 g/mol. The molecule has 0 amide bonds. The van der Waals surface area contributed by atoms with Crippen LogP contribution < -0.4 is 11.1 Å². The van der Waals surface area contributed by atoms with Gasteiger partial charge in [-0.3, -0.25) is 4.79 Å². The second-order valence-electron chi connectivity index (χ2n) is 6.59. The summed E-state index contributed by atoms with van der Waals surface area (Å²) in [5.41, 5.74) is 5.22. The van der Waals surface area contributed by atoms with Gasteiger partial charge < -0.3 is 36.4 Å². The number of unbranched alkanes of at least 4 members (excludes halogenated alkanes) is 1. The van der Waals surface area contributed by atoms with Crippen LogP contribution in [-0.2, 0) is 4.79 Å². The zero-order valence-corrected chi connectivity index (χ0v) is 14.8. The van der Waals surface area contributed by atoms with Gasteiger partial charge in [-0.1, -0.05) is 25.0 Å². The first kappa shape index (κ1) is 22.4. The van der Waals surface area contributed by atoms with Crippen LogP contribution in [0.5, 0.6) is 5.75 Å². The summed E-state index contributed by atoms with van der Waals surface area (Å²) >= 11 is 0. The fourth-order valence-corrected chi connectivity index (χ4v) is 2.68. The number of nitrogens with two attached hydrogens (primary N) is 1. The van der Waals surface area contributed by atoms with Crippen molar-refractivity contribution in [1.82, 2.24) is 5.32 Å². The quantitative estimate of drug-likeness (QED) is 0.193. The molecule has 9 heteroatoms. The van der Waals surface area contributed by atoms with Crippen molar-refractivity contribution in [3.05, 3.63) is 29.8 Å². The standard InChI is InChI=1S/C17H29BN2O6/c19-17(16(23)24,7-1-2-9-18(25)26)8-11-20-10-6-15(22)13-4-3-5-14(21)12-13/h3-5,12,15,20-22,25-26H,1-2,6-11,19H2,(H,23,24)/t15-,17+/m0/s1. The van der Waals surface area contributed by atoms with E-state index in [2.05, 4.69) is 5.32 Å². The summed E-state index contributed by atoms with van der Waals surface area (Å²) in [6.07, 6.45) is 1.36. The van der Waals surface area contributed by atoms with Gasteiger partial charge in [-0.2, -0.15) is 0 Å². The highest BCUT2D eigenvalue weighted by Gasteiger charge is 2.32. The van der Waals surface area contributed by atoms with Crippen molar-refractivity contribution < 1.29 is 30.2 Å². The molecule has 8 nitrogen and oxygen atoms in total. The van der Waals surface area contributed by atoms with E-state index in [4.69, 9.17) is 15.8 Å². The van der Waals surface area contributed by atoms with Crippen molar-refractivity contribution in [3.8, 4) is 5.75 Å². The number of hydrogen-bond donors (Lipinski definition) is 7. The van der Waals surface area contributed by atoms with Crippen LogP contribution >= 0.6 is 0 Å². The number of phenols is 1. The van der Waals surface area contributed by atoms with Gasteiger partial charge in [0, 0.05) is 0 Å². The van der Waals surface area contributed by atoms with Gasteiger partial charge in [0.1, 0.15) is 11.3 Å². The maximum atomic E-state index is 11.4. The Morgan fingerprint density at radius 1 is 1.23 bits per heavy atom. The molecule has 0 bridgehead atoms. The summed E-state index contributed by atoms with van der Waals surface area (Å²) in [5, 5.41) is 49.5. The molecule has 0 aliphatic rings. The molecule has 0 aliphatic heterocycles. The number of rotatable bonds is 13. The highest BCUT2D eigenvalue weighted by Crippen LogP contribution is 2.20. The average molecular weight is 368 g/mol. The minimum absolute atomic E-state index is 0.0950. The third-order valence-corrected chi connectivity index (χ3v) is 4.36.